The summed E-state index contributed by atoms with van der Waals surface area (Å²) in [6.07, 6.45) is 0. The first-order valence-corrected chi connectivity index (χ1v) is 8.87. The van der Waals surface area contributed by atoms with Crippen molar-refractivity contribution in [3.63, 3.8) is 0 Å². The monoisotopic (exact) mass is 322 g/mol. The molecule has 0 spiro atoms. The van der Waals surface area contributed by atoms with Crippen LogP contribution in [0.25, 0.3) is 0 Å². The number of aromatic nitrogens is 2. The van der Waals surface area contributed by atoms with Crippen LogP contribution < -0.4 is 15.0 Å². The number of halogens is 1. The molecule has 1 heterocycles. The van der Waals surface area contributed by atoms with Gasteiger partial charge in [-0.1, -0.05) is 0 Å². The number of alkyl halides is 1. The minimum atomic E-state index is -4.16. The lowest BCUT2D eigenvalue weighted by atomic mass is 10.3. The second-order valence-electron chi connectivity index (χ2n) is 5.42. The van der Waals surface area contributed by atoms with Gasteiger partial charge in [0.1, 0.15) is 11.4 Å². The summed E-state index contributed by atoms with van der Waals surface area (Å²) >= 11 is 5.54. The topological polar surface area (TPSA) is 58.2 Å². The highest BCUT2D eigenvalue weighted by molar-refractivity contribution is 7.59. The number of rotatable bonds is 6. The molecule has 0 saturated heterocycles. The predicted molar refractivity (Wildman–Crippen MR) is 78.8 cm³/mol. The molecular formula is C13H24ClN2O3P. The van der Waals surface area contributed by atoms with E-state index in [1.54, 1.807) is 0 Å². The van der Waals surface area contributed by atoms with Crippen molar-refractivity contribution in [3.8, 4) is 0 Å². The number of hydrogen-bond acceptors (Lipinski definition) is 3. The first kappa shape index (κ1) is 17.7. The molecule has 0 aliphatic carbocycles. The molecule has 0 fully saturated rings. The summed E-state index contributed by atoms with van der Waals surface area (Å²) in [5.74, 6) is 0.147. The van der Waals surface area contributed by atoms with E-state index in [0.29, 0.717) is 0 Å². The Kier molecular flexibility index (Phi) is 5.85. The van der Waals surface area contributed by atoms with E-state index in [0.717, 1.165) is 11.4 Å². The lowest BCUT2D eigenvalue weighted by molar-refractivity contribution is -0.705. The van der Waals surface area contributed by atoms with E-state index in [1.807, 2.05) is 50.7 Å². The molecule has 0 bridgehead atoms. The van der Waals surface area contributed by atoms with Crippen molar-refractivity contribution in [2.75, 3.05) is 12.5 Å². The van der Waals surface area contributed by atoms with E-state index in [2.05, 4.69) is 0 Å². The Bertz CT molecular complexity index is 495. The maximum absolute atomic E-state index is 12.5. The third-order valence-electron chi connectivity index (χ3n) is 3.29. The van der Waals surface area contributed by atoms with Crippen molar-refractivity contribution in [3.05, 3.63) is 11.4 Å². The van der Waals surface area contributed by atoms with Gasteiger partial charge >= 0.3 is 5.57 Å². The van der Waals surface area contributed by atoms with Crippen LogP contribution in [-0.4, -0.2) is 17.1 Å². The highest BCUT2D eigenvalue weighted by Crippen LogP contribution is 2.36. The van der Waals surface area contributed by atoms with Crippen LogP contribution in [0.4, 0.5) is 0 Å². The zero-order valence-corrected chi connectivity index (χ0v) is 14.7. The molecule has 20 heavy (non-hydrogen) atoms. The molecule has 1 aromatic heterocycles. The molecule has 0 aliphatic heterocycles. The standard InChI is InChI=1S/C13H24ClN2O3P/c1-9(2)15-11(5)12(6)16(10(3)4)13(15)20(17,18)19-8-7-14/h9-10H,7-8H2,1-6H3. The fraction of sp³-hybridized carbons (Fsp3) is 0.769. The molecular weight excluding hydrogens is 299 g/mol. The smallest absolute Gasteiger partial charge is 0.328 e. The summed E-state index contributed by atoms with van der Waals surface area (Å²) in [6.45, 7) is 11.7. The molecule has 0 aromatic carbocycles. The third-order valence-corrected chi connectivity index (χ3v) is 4.89. The van der Waals surface area contributed by atoms with Gasteiger partial charge in [-0.2, -0.15) is 0 Å². The van der Waals surface area contributed by atoms with Crippen molar-refractivity contribution >= 4 is 24.8 Å². The van der Waals surface area contributed by atoms with E-state index >= 15 is 0 Å². The van der Waals surface area contributed by atoms with Gasteiger partial charge in [0.2, 0.25) is 7.60 Å². The molecule has 1 unspecified atom stereocenters. The SMILES string of the molecule is Cc1c(C)[n+](C(C)C)c(P(=O)([O-])OCCCl)n1C(C)C. The van der Waals surface area contributed by atoms with Crippen LogP contribution in [0.3, 0.4) is 0 Å². The van der Waals surface area contributed by atoms with Gasteiger partial charge in [0, 0.05) is 19.7 Å². The van der Waals surface area contributed by atoms with Crippen LogP contribution in [-0.2, 0) is 9.09 Å². The van der Waals surface area contributed by atoms with Gasteiger partial charge in [-0.15, -0.1) is 11.6 Å². The summed E-state index contributed by atoms with van der Waals surface area (Å²) in [5.41, 5.74) is 2.10. The maximum atomic E-state index is 12.5. The lowest BCUT2D eigenvalue weighted by Crippen LogP contribution is -2.54. The molecule has 1 rings (SSSR count). The molecule has 116 valence electrons. The van der Waals surface area contributed by atoms with E-state index in [4.69, 9.17) is 16.1 Å². The normalized spacial score (nSPS) is 15.1. The maximum Gasteiger partial charge on any atom is 0.328 e. The summed E-state index contributed by atoms with van der Waals surface area (Å²) in [4.78, 5) is 12.5. The Hall–Kier alpha value is -0.350. The first-order chi connectivity index (χ1) is 9.15. The molecule has 0 radical (unpaired) electrons. The fourth-order valence-electron chi connectivity index (χ4n) is 2.48. The second kappa shape index (κ2) is 6.61. The average molecular weight is 323 g/mol. The molecule has 1 aromatic rings. The summed E-state index contributed by atoms with van der Waals surface area (Å²) in [6, 6.07) is 0.0659. The van der Waals surface area contributed by atoms with Crippen LogP contribution in [0.15, 0.2) is 0 Å². The van der Waals surface area contributed by atoms with Gasteiger partial charge < -0.3 is 9.42 Å². The van der Waals surface area contributed by atoms with Crippen molar-refractivity contribution in [2.45, 2.75) is 53.6 Å². The third kappa shape index (κ3) is 3.28. The lowest BCUT2D eigenvalue weighted by Gasteiger charge is -2.23. The minimum absolute atomic E-state index is 0.0121. The van der Waals surface area contributed by atoms with Crippen LogP contribution >= 0.6 is 19.2 Å². The van der Waals surface area contributed by atoms with Crippen LogP contribution in [0.5, 0.6) is 0 Å². The Morgan fingerprint density at radius 2 is 1.90 bits per heavy atom. The van der Waals surface area contributed by atoms with Crippen LogP contribution in [0.2, 0.25) is 0 Å². The van der Waals surface area contributed by atoms with Gasteiger partial charge in [-0.05, 0) is 27.7 Å². The molecule has 0 aliphatic rings. The van der Waals surface area contributed by atoms with Gasteiger partial charge in [-0.25, -0.2) is 9.13 Å². The van der Waals surface area contributed by atoms with E-state index in [9.17, 15) is 9.46 Å². The molecule has 0 amide bonds. The predicted octanol–water partition coefficient (Wildman–Crippen LogP) is 1.99. The van der Waals surface area contributed by atoms with Crippen molar-refractivity contribution in [1.29, 1.82) is 0 Å². The van der Waals surface area contributed by atoms with Gasteiger partial charge in [0.25, 0.3) is 0 Å². The largest absolute Gasteiger partial charge is 0.770 e. The highest BCUT2D eigenvalue weighted by Gasteiger charge is 2.36. The van der Waals surface area contributed by atoms with E-state index < -0.39 is 7.60 Å². The summed E-state index contributed by atoms with van der Waals surface area (Å²) in [7, 11) is -4.16. The van der Waals surface area contributed by atoms with Crippen LogP contribution in [0, 0.1) is 13.8 Å². The average Bonchev–Trinajstić information content (AvgIpc) is 2.60. The first-order valence-electron chi connectivity index (χ1n) is 6.80. The summed E-state index contributed by atoms with van der Waals surface area (Å²) < 4.78 is 21.2. The Morgan fingerprint density at radius 3 is 2.30 bits per heavy atom. The molecule has 0 N–H and O–H groups in total. The molecule has 5 nitrogen and oxygen atoms in total. The van der Waals surface area contributed by atoms with E-state index in [1.165, 1.54) is 0 Å². The van der Waals surface area contributed by atoms with Crippen molar-refractivity contribution < 1.29 is 18.5 Å². The second-order valence-corrected chi connectivity index (χ2v) is 7.45. The highest BCUT2D eigenvalue weighted by atomic mass is 35.5. The molecule has 7 heteroatoms. The van der Waals surface area contributed by atoms with Crippen LogP contribution in [0.1, 0.15) is 51.2 Å². The Morgan fingerprint density at radius 1 is 1.35 bits per heavy atom. The van der Waals surface area contributed by atoms with Gasteiger partial charge in [-0.3, -0.25) is 4.57 Å². The van der Waals surface area contributed by atoms with Crippen molar-refractivity contribution in [2.24, 2.45) is 0 Å². The van der Waals surface area contributed by atoms with Crippen molar-refractivity contribution in [1.82, 2.24) is 4.57 Å². The van der Waals surface area contributed by atoms with E-state index in [-0.39, 0.29) is 30.1 Å². The van der Waals surface area contributed by atoms with Gasteiger partial charge in [0.05, 0.1) is 18.7 Å². The zero-order chi connectivity index (χ0) is 15.7. The summed E-state index contributed by atoms with van der Waals surface area (Å²) in [5, 5.41) is 0. The number of nitrogens with zero attached hydrogens (tertiary/aromatic N) is 2. The quantitative estimate of drug-likeness (QED) is 0.457. The molecule has 1 atom stereocenters. The van der Waals surface area contributed by atoms with Gasteiger partial charge in [0.15, 0.2) is 0 Å². The molecule has 0 saturated carbocycles. The number of hydrogen-bond donors (Lipinski definition) is 0. The Labute approximate surface area is 126 Å². The zero-order valence-electron chi connectivity index (χ0n) is 13.0. The minimum Gasteiger partial charge on any atom is -0.770 e. The number of imidazole rings is 1. The Balaban J connectivity index is 3.57. The fourth-order valence-corrected chi connectivity index (χ4v) is 4.40.